The van der Waals surface area contributed by atoms with Crippen LogP contribution in [0, 0.1) is 13.7 Å². The molecule has 1 aromatic heterocycles. The van der Waals surface area contributed by atoms with Crippen molar-refractivity contribution in [2.24, 2.45) is 0 Å². The second-order valence-electron chi connectivity index (χ2n) is 3.45. The summed E-state index contributed by atoms with van der Waals surface area (Å²) in [6.07, 6.45) is 1.15. The molecule has 19 heavy (non-hydrogen) atoms. The van der Waals surface area contributed by atoms with E-state index < -0.39 is 10.8 Å². The van der Waals surface area contributed by atoms with E-state index in [2.05, 4.69) is 20.0 Å². The summed E-state index contributed by atoms with van der Waals surface area (Å²) in [4.78, 5) is 25.8. The topological polar surface area (TPSA) is 111 Å². The highest BCUT2D eigenvalue weighted by atomic mass is 127. The minimum absolute atomic E-state index is 0.0914. The number of non-ortho nitro benzene ring substituents is 1. The quantitative estimate of drug-likeness (QED) is 0.494. The lowest BCUT2D eigenvalue weighted by atomic mass is 10.2. The van der Waals surface area contributed by atoms with Gasteiger partial charge in [-0.05, 0) is 28.7 Å². The Hall–Kier alpha value is -2.04. The molecule has 98 valence electrons. The van der Waals surface area contributed by atoms with Gasteiger partial charge in [-0.2, -0.15) is 4.98 Å². The van der Waals surface area contributed by atoms with Crippen molar-refractivity contribution in [2.45, 2.75) is 6.54 Å². The van der Waals surface area contributed by atoms with Gasteiger partial charge in [-0.1, -0.05) is 5.16 Å². The zero-order valence-corrected chi connectivity index (χ0v) is 11.5. The van der Waals surface area contributed by atoms with Crippen LogP contribution in [0.4, 0.5) is 5.69 Å². The van der Waals surface area contributed by atoms with Crippen molar-refractivity contribution in [1.29, 1.82) is 0 Å². The third-order valence-electron chi connectivity index (χ3n) is 2.22. The number of hydrogen-bond acceptors (Lipinski definition) is 6. The van der Waals surface area contributed by atoms with Gasteiger partial charge in [-0.3, -0.25) is 14.9 Å². The Labute approximate surface area is 120 Å². The summed E-state index contributed by atoms with van der Waals surface area (Å²) in [6, 6.07) is 4.09. The Morgan fingerprint density at radius 3 is 2.95 bits per heavy atom. The first kappa shape index (κ1) is 13.4. The molecular formula is C10H7IN4O4. The summed E-state index contributed by atoms with van der Waals surface area (Å²) in [7, 11) is 0. The molecule has 0 atom stereocenters. The first-order valence-electron chi connectivity index (χ1n) is 5.05. The van der Waals surface area contributed by atoms with E-state index in [-0.39, 0.29) is 17.8 Å². The van der Waals surface area contributed by atoms with E-state index in [1.54, 1.807) is 0 Å². The number of rotatable bonds is 4. The number of halogens is 1. The molecule has 2 aromatic rings. The van der Waals surface area contributed by atoms with Crippen LogP contribution in [-0.4, -0.2) is 21.0 Å². The van der Waals surface area contributed by atoms with Gasteiger partial charge in [0.25, 0.3) is 11.6 Å². The second kappa shape index (κ2) is 5.73. The van der Waals surface area contributed by atoms with Crippen LogP contribution in [0.2, 0.25) is 0 Å². The van der Waals surface area contributed by atoms with E-state index in [1.807, 2.05) is 22.6 Å². The predicted octanol–water partition coefficient (Wildman–Crippen LogP) is 1.51. The van der Waals surface area contributed by atoms with Crippen molar-refractivity contribution in [1.82, 2.24) is 15.5 Å². The molecule has 1 heterocycles. The van der Waals surface area contributed by atoms with Crippen LogP contribution < -0.4 is 5.32 Å². The lowest BCUT2D eigenvalue weighted by Crippen LogP contribution is -2.24. The Kier molecular flexibility index (Phi) is 4.04. The molecule has 1 N–H and O–H groups in total. The maximum Gasteiger partial charge on any atom is 0.270 e. The molecule has 9 heteroatoms. The third kappa shape index (κ3) is 3.24. The van der Waals surface area contributed by atoms with Crippen LogP contribution in [0.25, 0.3) is 0 Å². The SMILES string of the molecule is O=C(NCc1ncon1)c1cc([N+](=O)[O-])ccc1I. The van der Waals surface area contributed by atoms with E-state index >= 15 is 0 Å². The molecule has 0 aliphatic carbocycles. The zero-order valence-electron chi connectivity index (χ0n) is 9.37. The van der Waals surface area contributed by atoms with E-state index in [0.29, 0.717) is 9.39 Å². The van der Waals surface area contributed by atoms with Gasteiger partial charge in [0.2, 0.25) is 6.39 Å². The molecule has 0 saturated heterocycles. The van der Waals surface area contributed by atoms with E-state index in [4.69, 9.17) is 0 Å². The molecule has 0 unspecified atom stereocenters. The molecule has 0 saturated carbocycles. The Morgan fingerprint density at radius 2 is 2.32 bits per heavy atom. The number of nitro benzene ring substituents is 1. The average molecular weight is 374 g/mol. The second-order valence-corrected chi connectivity index (χ2v) is 4.61. The summed E-state index contributed by atoms with van der Waals surface area (Å²) in [6.45, 7) is 0.0914. The molecular weight excluding hydrogens is 367 g/mol. The highest BCUT2D eigenvalue weighted by Gasteiger charge is 2.15. The van der Waals surface area contributed by atoms with Crippen LogP contribution in [0.1, 0.15) is 16.2 Å². The fraction of sp³-hybridized carbons (Fsp3) is 0.100. The number of amides is 1. The number of carbonyl (C=O) groups is 1. The van der Waals surface area contributed by atoms with Gasteiger partial charge < -0.3 is 9.84 Å². The summed E-state index contributed by atoms with van der Waals surface area (Å²) in [5.74, 6) is -0.105. The molecule has 0 aliphatic rings. The molecule has 1 amide bonds. The molecule has 2 rings (SSSR count). The minimum atomic E-state index is -0.550. The number of hydrogen-bond donors (Lipinski definition) is 1. The van der Waals surface area contributed by atoms with E-state index in [9.17, 15) is 14.9 Å². The average Bonchev–Trinajstić information content (AvgIpc) is 2.89. The number of nitrogens with one attached hydrogen (secondary N) is 1. The van der Waals surface area contributed by atoms with Gasteiger partial charge in [-0.15, -0.1) is 0 Å². The molecule has 0 spiro atoms. The van der Waals surface area contributed by atoms with Crippen LogP contribution in [-0.2, 0) is 6.54 Å². The number of carbonyl (C=O) groups excluding carboxylic acids is 1. The lowest BCUT2D eigenvalue weighted by molar-refractivity contribution is -0.384. The van der Waals surface area contributed by atoms with Gasteiger partial charge >= 0.3 is 0 Å². The highest BCUT2D eigenvalue weighted by Crippen LogP contribution is 2.19. The molecule has 0 aliphatic heterocycles. The van der Waals surface area contributed by atoms with Crippen molar-refractivity contribution < 1.29 is 14.2 Å². The smallest absolute Gasteiger partial charge is 0.270 e. The van der Waals surface area contributed by atoms with Crippen molar-refractivity contribution >= 4 is 34.2 Å². The lowest BCUT2D eigenvalue weighted by Gasteiger charge is -2.04. The maximum atomic E-state index is 11.9. The van der Waals surface area contributed by atoms with E-state index in [1.165, 1.54) is 18.2 Å². The number of nitro groups is 1. The third-order valence-corrected chi connectivity index (χ3v) is 3.16. The van der Waals surface area contributed by atoms with Gasteiger partial charge in [0.05, 0.1) is 17.0 Å². The van der Waals surface area contributed by atoms with Crippen LogP contribution in [0.15, 0.2) is 29.1 Å². The van der Waals surface area contributed by atoms with Crippen molar-refractivity contribution in [3.63, 3.8) is 0 Å². The summed E-state index contributed by atoms with van der Waals surface area (Å²) < 4.78 is 5.14. The first-order valence-corrected chi connectivity index (χ1v) is 6.13. The summed E-state index contributed by atoms with van der Waals surface area (Å²) in [5.41, 5.74) is 0.100. The van der Waals surface area contributed by atoms with Crippen molar-refractivity contribution in [2.75, 3.05) is 0 Å². The predicted molar refractivity (Wildman–Crippen MR) is 71.3 cm³/mol. The van der Waals surface area contributed by atoms with Crippen molar-refractivity contribution in [3.8, 4) is 0 Å². The molecule has 0 radical (unpaired) electrons. The van der Waals surface area contributed by atoms with Crippen LogP contribution in [0.5, 0.6) is 0 Å². The maximum absolute atomic E-state index is 11.9. The van der Waals surface area contributed by atoms with Gasteiger partial charge in [-0.25, -0.2) is 0 Å². The summed E-state index contributed by atoms with van der Waals surface area (Å²) >= 11 is 1.94. The van der Waals surface area contributed by atoms with Gasteiger partial charge in [0.15, 0.2) is 5.82 Å². The monoisotopic (exact) mass is 374 g/mol. The van der Waals surface area contributed by atoms with Crippen molar-refractivity contribution in [3.05, 3.63) is 49.7 Å². The molecule has 1 aromatic carbocycles. The first-order chi connectivity index (χ1) is 9.08. The Balaban J connectivity index is 2.14. The normalized spacial score (nSPS) is 10.2. The zero-order chi connectivity index (χ0) is 13.8. The molecule has 8 nitrogen and oxygen atoms in total. The fourth-order valence-corrected chi connectivity index (χ4v) is 1.91. The highest BCUT2D eigenvalue weighted by molar-refractivity contribution is 14.1. The summed E-state index contributed by atoms with van der Waals surface area (Å²) in [5, 5.41) is 16.8. The fourth-order valence-electron chi connectivity index (χ4n) is 1.33. The standard InChI is InChI=1S/C10H7IN4O4/c11-8-2-1-6(15(17)18)3-7(8)10(16)12-4-9-13-5-19-14-9/h1-3,5H,4H2,(H,12,16). The van der Waals surface area contributed by atoms with Gasteiger partial charge in [0.1, 0.15) is 0 Å². The number of benzene rings is 1. The molecule has 0 bridgehead atoms. The Morgan fingerprint density at radius 1 is 1.53 bits per heavy atom. The molecule has 0 fully saturated rings. The Bertz CT molecular complexity index is 614. The van der Waals surface area contributed by atoms with Crippen LogP contribution in [0.3, 0.4) is 0 Å². The van der Waals surface area contributed by atoms with Gasteiger partial charge in [0, 0.05) is 15.7 Å². The largest absolute Gasteiger partial charge is 0.345 e. The van der Waals surface area contributed by atoms with Crippen LogP contribution >= 0.6 is 22.6 Å². The number of aromatic nitrogens is 2. The number of nitrogens with zero attached hydrogens (tertiary/aromatic N) is 3. The minimum Gasteiger partial charge on any atom is -0.345 e. The van der Waals surface area contributed by atoms with E-state index in [0.717, 1.165) is 6.39 Å².